The molecule has 1 atom stereocenters. The second-order valence-electron chi connectivity index (χ2n) is 5.26. The van der Waals surface area contributed by atoms with E-state index in [0.717, 1.165) is 18.7 Å². The van der Waals surface area contributed by atoms with E-state index in [-0.39, 0.29) is 5.82 Å². The largest absolute Gasteiger partial charge is 0.387 e. The molecule has 2 rings (SSSR count). The van der Waals surface area contributed by atoms with Gasteiger partial charge in [0.25, 0.3) is 0 Å². The number of hydrogen-bond acceptors (Lipinski definition) is 3. The van der Waals surface area contributed by atoms with Crippen LogP contribution < -0.4 is 5.32 Å². The Labute approximate surface area is 114 Å². The van der Waals surface area contributed by atoms with Crippen molar-refractivity contribution in [2.24, 2.45) is 0 Å². The molecule has 4 heteroatoms. The number of aliphatic hydroxyl groups is 1. The number of halogens is 1. The van der Waals surface area contributed by atoms with Crippen molar-refractivity contribution in [2.45, 2.75) is 31.9 Å². The predicted octanol–water partition coefficient (Wildman–Crippen LogP) is 2.06. The van der Waals surface area contributed by atoms with Gasteiger partial charge in [-0.15, -0.1) is 0 Å². The maximum absolute atomic E-state index is 14.0. The van der Waals surface area contributed by atoms with Crippen molar-refractivity contribution in [1.29, 1.82) is 0 Å². The van der Waals surface area contributed by atoms with Crippen LogP contribution in [0, 0.1) is 5.82 Å². The molecule has 1 heterocycles. The molecule has 3 nitrogen and oxygen atoms in total. The van der Waals surface area contributed by atoms with Crippen molar-refractivity contribution in [2.75, 3.05) is 26.7 Å². The standard InChI is InChI=1S/C15H23FN2O/c1-17-10-15(19)12-5-6-13(14(16)9-12)11-18-7-3-2-4-8-18/h5-6,9,15,17,19H,2-4,7-8,10-11H2,1H3. The van der Waals surface area contributed by atoms with Gasteiger partial charge in [-0.2, -0.15) is 0 Å². The van der Waals surface area contributed by atoms with Gasteiger partial charge in [0.2, 0.25) is 0 Å². The molecule has 1 unspecified atom stereocenters. The van der Waals surface area contributed by atoms with E-state index in [9.17, 15) is 9.50 Å². The Balaban J connectivity index is 2.01. The topological polar surface area (TPSA) is 35.5 Å². The van der Waals surface area contributed by atoms with Crippen molar-refractivity contribution < 1.29 is 9.50 Å². The summed E-state index contributed by atoms with van der Waals surface area (Å²) in [4.78, 5) is 2.30. The highest BCUT2D eigenvalue weighted by atomic mass is 19.1. The van der Waals surface area contributed by atoms with Gasteiger partial charge in [0.05, 0.1) is 6.10 Å². The Morgan fingerprint density at radius 3 is 2.68 bits per heavy atom. The molecule has 0 aliphatic carbocycles. The summed E-state index contributed by atoms with van der Waals surface area (Å²) in [6.45, 7) is 3.23. The van der Waals surface area contributed by atoms with E-state index in [4.69, 9.17) is 0 Å². The van der Waals surface area contributed by atoms with Gasteiger partial charge in [-0.3, -0.25) is 4.90 Å². The van der Waals surface area contributed by atoms with Gasteiger partial charge in [-0.25, -0.2) is 4.39 Å². The number of likely N-dealkylation sites (tertiary alicyclic amines) is 1. The van der Waals surface area contributed by atoms with E-state index >= 15 is 0 Å². The van der Waals surface area contributed by atoms with Gasteiger partial charge in [0.1, 0.15) is 5.82 Å². The number of rotatable bonds is 5. The Morgan fingerprint density at radius 1 is 1.32 bits per heavy atom. The first-order valence-corrected chi connectivity index (χ1v) is 7.04. The van der Waals surface area contributed by atoms with Crippen LogP contribution >= 0.6 is 0 Å². The molecule has 1 aromatic rings. The number of aliphatic hydroxyl groups excluding tert-OH is 1. The first kappa shape index (κ1) is 14.4. The van der Waals surface area contributed by atoms with E-state index in [1.54, 1.807) is 13.1 Å². The highest BCUT2D eigenvalue weighted by molar-refractivity contribution is 5.26. The lowest BCUT2D eigenvalue weighted by Gasteiger charge is -2.26. The fraction of sp³-hybridized carbons (Fsp3) is 0.600. The quantitative estimate of drug-likeness (QED) is 0.856. The Hall–Kier alpha value is -0.970. The summed E-state index contributed by atoms with van der Waals surface area (Å²) < 4.78 is 14.0. The molecule has 0 amide bonds. The van der Waals surface area contributed by atoms with Crippen LogP contribution in [-0.2, 0) is 6.54 Å². The SMILES string of the molecule is CNCC(O)c1ccc(CN2CCCCC2)c(F)c1. The molecule has 0 saturated carbocycles. The molecule has 19 heavy (non-hydrogen) atoms. The number of hydrogen-bond donors (Lipinski definition) is 2. The van der Waals surface area contributed by atoms with Gasteiger partial charge >= 0.3 is 0 Å². The summed E-state index contributed by atoms with van der Waals surface area (Å²) in [7, 11) is 1.77. The average Bonchev–Trinajstić information content (AvgIpc) is 2.42. The zero-order chi connectivity index (χ0) is 13.7. The second kappa shape index (κ2) is 6.98. The predicted molar refractivity (Wildman–Crippen MR) is 74.4 cm³/mol. The molecule has 0 bridgehead atoms. The Bertz CT molecular complexity index is 405. The van der Waals surface area contributed by atoms with E-state index in [2.05, 4.69) is 10.2 Å². The molecule has 1 aromatic carbocycles. The first-order chi connectivity index (χ1) is 9.20. The fourth-order valence-corrected chi connectivity index (χ4v) is 2.57. The lowest BCUT2D eigenvalue weighted by atomic mass is 10.0. The van der Waals surface area contributed by atoms with Gasteiger partial charge in [-0.1, -0.05) is 18.6 Å². The first-order valence-electron chi connectivity index (χ1n) is 7.04. The van der Waals surface area contributed by atoms with Crippen LogP contribution in [0.25, 0.3) is 0 Å². The molecule has 0 aromatic heterocycles. The molecule has 1 fully saturated rings. The van der Waals surface area contributed by atoms with Crippen molar-refractivity contribution in [1.82, 2.24) is 10.2 Å². The summed E-state index contributed by atoms with van der Waals surface area (Å²) in [6, 6.07) is 5.09. The van der Waals surface area contributed by atoms with Crippen molar-refractivity contribution in [3.05, 3.63) is 35.1 Å². The monoisotopic (exact) mass is 266 g/mol. The number of likely N-dealkylation sites (N-methyl/N-ethyl adjacent to an activating group) is 1. The van der Waals surface area contributed by atoms with E-state index in [1.165, 1.54) is 25.3 Å². The van der Waals surface area contributed by atoms with Crippen LogP contribution in [0.4, 0.5) is 4.39 Å². The normalized spacial score (nSPS) is 18.5. The van der Waals surface area contributed by atoms with Crippen molar-refractivity contribution in [3.63, 3.8) is 0 Å². The lowest BCUT2D eigenvalue weighted by molar-refractivity contribution is 0.177. The highest BCUT2D eigenvalue weighted by Gasteiger charge is 2.14. The zero-order valence-corrected chi connectivity index (χ0v) is 11.5. The van der Waals surface area contributed by atoms with Gasteiger partial charge in [-0.05, 0) is 44.6 Å². The van der Waals surface area contributed by atoms with Crippen molar-refractivity contribution in [3.8, 4) is 0 Å². The van der Waals surface area contributed by atoms with E-state index < -0.39 is 6.10 Å². The lowest BCUT2D eigenvalue weighted by Crippen LogP contribution is -2.29. The van der Waals surface area contributed by atoms with Gasteiger partial charge < -0.3 is 10.4 Å². The van der Waals surface area contributed by atoms with Crippen LogP contribution in [0.1, 0.15) is 36.5 Å². The smallest absolute Gasteiger partial charge is 0.128 e. The summed E-state index contributed by atoms with van der Waals surface area (Å²) in [5.41, 5.74) is 1.36. The molecule has 0 radical (unpaired) electrons. The minimum absolute atomic E-state index is 0.210. The number of nitrogens with zero attached hydrogens (tertiary/aromatic N) is 1. The van der Waals surface area contributed by atoms with E-state index in [0.29, 0.717) is 18.7 Å². The van der Waals surface area contributed by atoms with Crippen LogP contribution in [0.3, 0.4) is 0 Å². The van der Waals surface area contributed by atoms with Crippen LogP contribution in [-0.4, -0.2) is 36.7 Å². The second-order valence-corrected chi connectivity index (χ2v) is 5.26. The number of piperidine rings is 1. The maximum atomic E-state index is 14.0. The Kier molecular flexibility index (Phi) is 5.31. The number of benzene rings is 1. The van der Waals surface area contributed by atoms with Crippen LogP contribution in [0.5, 0.6) is 0 Å². The summed E-state index contributed by atoms with van der Waals surface area (Å²) in [6.07, 6.45) is 3.05. The molecule has 1 aliphatic rings. The maximum Gasteiger partial charge on any atom is 0.128 e. The summed E-state index contributed by atoms with van der Waals surface area (Å²) >= 11 is 0. The fourth-order valence-electron chi connectivity index (χ4n) is 2.57. The van der Waals surface area contributed by atoms with Crippen molar-refractivity contribution >= 4 is 0 Å². The molecule has 106 valence electrons. The third-order valence-corrected chi connectivity index (χ3v) is 3.70. The minimum atomic E-state index is -0.650. The Morgan fingerprint density at radius 2 is 2.05 bits per heavy atom. The highest BCUT2D eigenvalue weighted by Crippen LogP contribution is 2.19. The van der Waals surface area contributed by atoms with Crippen LogP contribution in [0.2, 0.25) is 0 Å². The third kappa shape index (κ3) is 4.00. The number of nitrogens with one attached hydrogen (secondary N) is 1. The zero-order valence-electron chi connectivity index (χ0n) is 11.5. The molecule has 1 saturated heterocycles. The molecule has 2 N–H and O–H groups in total. The average molecular weight is 266 g/mol. The molecular weight excluding hydrogens is 243 g/mol. The minimum Gasteiger partial charge on any atom is -0.387 e. The molecule has 1 aliphatic heterocycles. The summed E-state index contributed by atoms with van der Waals surface area (Å²) in [5.74, 6) is -0.210. The molecule has 0 spiro atoms. The summed E-state index contributed by atoms with van der Waals surface area (Å²) in [5, 5.41) is 12.7. The van der Waals surface area contributed by atoms with Gasteiger partial charge in [0.15, 0.2) is 0 Å². The van der Waals surface area contributed by atoms with Crippen LogP contribution in [0.15, 0.2) is 18.2 Å². The molecular formula is C15H23FN2O. The van der Waals surface area contributed by atoms with Gasteiger partial charge in [0, 0.05) is 18.7 Å². The third-order valence-electron chi connectivity index (χ3n) is 3.70. The van der Waals surface area contributed by atoms with E-state index in [1.807, 2.05) is 6.07 Å².